The van der Waals surface area contributed by atoms with E-state index in [2.05, 4.69) is 69.9 Å². The highest BCUT2D eigenvalue weighted by atomic mass is 15.0. The molecule has 1 aliphatic heterocycles. The summed E-state index contributed by atoms with van der Waals surface area (Å²) in [4.78, 5) is 8.33. The Hall–Kier alpha value is -3.86. The first-order valence-electron chi connectivity index (χ1n) is 9.15. The molecule has 0 saturated heterocycles. The van der Waals surface area contributed by atoms with Crippen molar-refractivity contribution in [2.75, 3.05) is 16.8 Å². The molecule has 5 nitrogen and oxygen atoms in total. The van der Waals surface area contributed by atoms with E-state index in [1.807, 2.05) is 18.2 Å². The molecule has 0 spiro atoms. The molecule has 3 aromatic carbocycles. The standard InChI is InChI=1S/C23H19N5/c24-22-18-13-14(8-11-21(18)27-23(25)28-22)12-16-5-3-7-20-17(16)10-9-15-4-1-2-6-19(15)26-20/h1-11,13,26H,12H2,(H4,24,25,27,28). The molecular formula is C23H19N5. The van der Waals surface area contributed by atoms with Crippen molar-refractivity contribution in [2.24, 2.45) is 0 Å². The molecule has 0 bridgehead atoms. The second-order valence-electron chi connectivity index (χ2n) is 6.92. The molecule has 0 atom stereocenters. The summed E-state index contributed by atoms with van der Waals surface area (Å²) < 4.78 is 0. The van der Waals surface area contributed by atoms with Gasteiger partial charge in [0.1, 0.15) is 5.82 Å². The van der Waals surface area contributed by atoms with Crippen LogP contribution in [0.15, 0.2) is 60.7 Å². The van der Waals surface area contributed by atoms with Crippen LogP contribution in [0.4, 0.5) is 23.1 Å². The van der Waals surface area contributed by atoms with Gasteiger partial charge in [-0.25, -0.2) is 4.98 Å². The van der Waals surface area contributed by atoms with Gasteiger partial charge in [-0.15, -0.1) is 0 Å². The van der Waals surface area contributed by atoms with Crippen LogP contribution in [-0.2, 0) is 6.42 Å². The molecule has 28 heavy (non-hydrogen) atoms. The van der Waals surface area contributed by atoms with Gasteiger partial charge in [0.05, 0.1) is 5.52 Å². The molecule has 5 N–H and O–H groups in total. The fourth-order valence-corrected chi connectivity index (χ4v) is 3.70. The molecule has 5 rings (SSSR count). The van der Waals surface area contributed by atoms with Crippen molar-refractivity contribution in [2.45, 2.75) is 6.42 Å². The van der Waals surface area contributed by atoms with Gasteiger partial charge in [0.25, 0.3) is 0 Å². The maximum absolute atomic E-state index is 6.05. The van der Waals surface area contributed by atoms with Crippen LogP contribution < -0.4 is 16.8 Å². The van der Waals surface area contributed by atoms with Gasteiger partial charge in [-0.3, -0.25) is 0 Å². The molecule has 0 saturated carbocycles. The van der Waals surface area contributed by atoms with E-state index in [9.17, 15) is 0 Å². The minimum Gasteiger partial charge on any atom is -0.383 e. The Morgan fingerprint density at radius 2 is 1.68 bits per heavy atom. The van der Waals surface area contributed by atoms with Crippen LogP contribution in [0.5, 0.6) is 0 Å². The number of nitrogens with zero attached hydrogens (tertiary/aromatic N) is 2. The first kappa shape index (κ1) is 16.3. The zero-order chi connectivity index (χ0) is 19.1. The van der Waals surface area contributed by atoms with Gasteiger partial charge in [0, 0.05) is 22.3 Å². The summed E-state index contributed by atoms with van der Waals surface area (Å²) in [7, 11) is 0. The van der Waals surface area contributed by atoms with Gasteiger partial charge < -0.3 is 16.8 Å². The molecule has 0 radical (unpaired) electrons. The molecule has 136 valence electrons. The van der Waals surface area contributed by atoms with Crippen LogP contribution in [0.1, 0.15) is 22.3 Å². The monoisotopic (exact) mass is 365 g/mol. The zero-order valence-corrected chi connectivity index (χ0v) is 15.2. The van der Waals surface area contributed by atoms with E-state index in [0.29, 0.717) is 5.82 Å². The Balaban J connectivity index is 1.55. The average molecular weight is 365 g/mol. The summed E-state index contributed by atoms with van der Waals surface area (Å²) in [6.07, 6.45) is 5.13. The summed E-state index contributed by atoms with van der Waals surface area (Å²) >= 11 is 0. The largest absolute Gasteiger partial charge is 0.383 e. The van der Waals surface area contributed by atoms with Crippen LogP contribution in [0, 0.1) is 0 Å². The van der Waals surface area contributed by atoms with Gasteiger partial charge in [0.15, 0.2) is 0 Å². The Bertz CT molecular complexity index is 1240. The first-order chi connectivity index (χ1) is 13.7. The smallest absolute Gasteiger partial charge is 0.222 e. The number of para-hydroxylation sites is 1. The van der Waals surface area contributed by atoms with Gasteiger partial charge >= 0.3 is 0 Å². The van der Waals surface area contributed by atoms with E-state index in [1.165, 1.54) is 16.7 Å². The number of hydrogen-bond acceptors (Lipinski definition) is 5. The molecule has 5 heteroatoms. The summed E-state index contributed by atoms with van der Waals surface area (Å²) in [5, 5.41) is 4.39. The maximum Gasteiger partial charge on any atom is 0.222 e. The van der Waals surface area contributed by atoms with Crippen LogP contribution in [-0.4, -0.2) is 9.97 Å². The van der Waals surface area contributed by atoms with E-state index in [0.717, 1.165) is 34.3 Å². The molecule has 0 unspecified atom stereocenters. The van der Waals surface area contributed by atoms with E-state index in [4.69, 9.17) is 11.5 Å². The third-order valence-corrected chi connectivity index (χ3v) is 5.06. The summed E-state index contributed by atoms with van der Waals surface area (Å²) in [5.41, 5.74) is 19.5. The topological polar surface area (TPSA) is 89.8 Å². The van der Waals surface area contributed by atoms with Gasteiger partial charge in [-0.2, -0.15) is 4.98 Å². The highest BCUT2D eigenvalue weighted by Crippen LogP contribution is 2.33. The second-order valence-corrected chi connectivity index (χ2v) is 6.92. The van der Waals surface area contributed by atoms with Gasteiger partial charge in [-0.1, -0.05) is 48.6 Å². The molecule has 0 aliphatic carbocycles. The number of benzene rings is 3. The van der Waals surface area contributed by atoms with E-state index < -0.39 is 0 Å². The molecular weight excluding hydrogens is 346 g/mol. The third-order valence-electron chi connectivity index (χ3n) is 5.06. The Kier molecular flexibility index (Phi) is 3.72. The number of nitrogens with one attached hydrogen (secondary N) is 1. The van der Waals surface area contributed by atoms with E-state index >= 15 is 0 Å². The predicted molar refractivity (Wildman–Crippen MR) is 116 cm³/mol. The fourth-order valence-electron chi connectivity index (χ4n) is 3.70. The molecule has 1 aromatic heterocycles. The summed E-state index contributed by atoms with van der Waals surface area (Å²) in [5.74, 6) is 0.607. The lowest BCUT2D eigenvalue weighted by Gasteiger charge is -2.13. The normalized spacial score (nSPS) is 12.1. The Morgan fingerprint density at radius 3 is 2.61 bits per heavy atom. The lowest BCUT2D eigenvalue weighted by atomic mass is 9.97. The number of aromatic nitrogens is 2. The van der Waals surface area contributed by atoms with E-state index in [-0.39, 0.29) is 5.95 Å². The number of anilines is 4. The average Bonchev–Trinajstić information content (AvgIpc) is 2.88. The Morgan fingerprint density at radius 1 is 0.821 bits per heavy atom. The second kappa shape index (κ2) is 6.39. The number of fused-ring (bicyclic) bond motifs is 3. The SMILES string of the molecule is Nc1nc(N)c2cc(Cc3cccc4c3C=Cc3ccccc3N4)ccc2n1. The summed E-state index contributed by atoms with van der Waals surface area (Å²) in [6, 6.07) is 20.7. The van der Waals surface area contributed by atoms with Gasteiger partial charge in [-0.05, 0) is 47.4 Å². The van der Waals surface area contributed by atoms with Crippen molar-refractivity contribution in [1.29, 1.82) is 0 Å². The van der Waals surface area contributed by atoms with Crippen molar-refractivity contribution in [3.05, 3.63) is 82.9 Å². The molecule has 1 aliphatic rings. The van der Waals surface area contributed by atoms with Crippen molar-refractivity contribution >= 4 is 46.2 Å². The predicted octanol–water partition coefficient (Wildman–Crippen LogP) is 4.61. The number of rotatable bonds is 2. The Labute approximate surface area is 162 Å². The first-order valence-corrected chi connectivity index (χ1v) is 9.15. The number of hydrogen-bond donors (Lipinski definition) is 3. The van der Waals surface area contributed by atoms with Crippen LogP contribution >= 0.6 is 0 Å². The van der Waals surface area contributed by atoms with Crippen molar-refractivity contribution in [3.63, 3.8) is 0 Å². The molecule has 0 amide bonds. The van der Waals surface area contributed by atoms with Crippen molar-refractivity contribution < 1.29 is 0 Å². The molecule has 4 aromatic rings. The van der Waals surface area contributed by atoms with Crippen LogP contribution in [0.3, 0.4) is 0 Å². The number of nitrogens with two attached hydrogens (primary N) is 2. The third kappa shape index (κ3) is 2.83. The molecule has 2 heterocycles. The highest BCUT2D eigenvalue weighted by Gasteiger charge is 2.12. The van der Waals surface area contributed by atoms with Crippen LogP contribution in [0.2, 0.25) is 0 Å². The minimum absolute atomic E-state index is 0.196. The fraction of sp³-hybridized carbons (Fsp3) is 0.0435. The minimum atomic E-state index is 0.196. The lowest BCUT2D eigenvalue weighted by Crippen LogP contribution is -2.01. The highest BCUT2D eigenvalue weighted by molar-refractivity contribution is 5.90. The maximum atomic E-state index is 6.05. The van der Waals surface area contributed by atoms with Gasteiger partial charge in [0.2, 0.25) is 5.95 Å². The van der Waals surface area contributed by atoms with Crippen LogP contribution in [0.25, 0.3) is 23.1 Å². The quantitative estimate of drug-likeness (QED) is 0.425. The summed E-state index contributed by atoms with van der Waals surface area (Å²) in [6.45, 7) is 0. The zero-order valence-electron chi connectivity index (χ0n) is 15.2. The lowest BCUT2D eigenvalue weighted by molar-refractivity contribution is 1.18. The van der Waals surface area contributed by atoms with Crippen molar-refractivity contribution in [1.82, 2.24) is 9.97 Å². The number of nitrogen functional groups attached to an aromatic ring is 2. The molecule has 0 fully saturated rings. The van der Waals surface area contributed by atoms with Crippen molar-refractivity contribution in [3.8, 4) is 0 Å². The van der Waals surface area contributed by atoms with E-state index in [1.54, 1.807) is 0 Å².